The van der Waals surface area contributed by atoms with Gasteiger partial charge in [0, 0.05) is 91.1 Å². The van der Waals surface area contributed by atoms with Gasteiger partial charge in [0.25, 0.3) is 0 Å². The van der Waals surface area contributed by atoms with Crippen LogP contribution < -0.4 is 34.8 Å². The molecule has 7 aliphatic rings. The van der Waals surface area contributed by atoms with E-state index in [0.29, 0.717) is 60.8 Å². The first-order valence-corrected chi connectivity index (χ1v) is 27.4. The van der Waals surface area contributed by atoms with Crippen molar-refractivity contribution in [1.82, 2.24) is 19.9 Å². The van der Waals surface area contributed by atoms with Crippen LogP contribution in [-0.4, -0.2) is 130 Å². The van der Waals surface area contributed by atoms with E-state index < -0.39 is 0 Å². The summed E-state index contributed by atoms with van der Waals surface area (Å²) in [4.78, 5) is 44.5. The second-order valence-corrected chi connectivity index (χ2v) is 22.3. The molecule has 17 heteroatoms. The highest BCUT2D eigenvalue weighted by molar-refractivity contribution is 7.17. The van der Waals surface area contributed by atoms with Gasteiger partial charge in [-0.1, -0.05) is 36.4 Å². The zero-order valence-corrected chi connectivity index (χ0v) is 42.8. The second kappa shape index (κ2) is 19.6. The summed E-state index contributed by atoms with van der Waals surface area (Å²) in [6.07, 6.45) is 12.5. The minimum Gasteiger partial charge on any atom is -0.496 e. The lowest BCUT2D eigenvalue weighted by Gasteiger charge is -2.40. The van der Waals surface area contributed by atoms with E-state index in [-0.39, 0.29) is 11.8 Å². The number of carbonyl (C=O) groups excluding carboxylic acids is 1. The van der Waals surface area contributed by atoms with Gasteiger partial charge in [0.1, 0.15) is 32.8 Å². The lowest BCUT2D eigenvalue weighted by atomic mass is 9.91. The number of nitrogens with two attached hydrogens (primary N) is 1. The Bertz CT molecular complexity index is 2870. The Balaban J connectivity index is 0.000000146. The van der Waals surface area contributed by atoms with Crippen LogP contribution in [0.2, 0.25) is 0 Å². The van der Waals surface area contributed by atoms with Gasteiger partial charge in [-0.3, -0.25) is 4.79 Å². The summed E-state index contributed by atoms with van der Waals surface area (Å²) >= 11 is 3.37. The van der Waals surface area contributed by atoms with Crippen molar-refractivity contribution in [3.05, 3.63) is 59.3 Å². The van der Waals surface area contributed by atoms with Gasteiger partial charge in [-0.2, -0.15) is 9.97 Å². The van der Waals surface area contributed by atoms with Crippen LogP contribution in [0.15, 0.2) is 59.3 Å². The molecule has 4 aromatic heterocycles. The fourth-order valence-corrected chi connectivity index (χ4v) is 15.2. The molecule has 7 saturated heterocycles. The summed E-state index contributed by atoms with van der Waals surface area (Å²) in [6.45, 7) is 3.72. The number of rotatable bonds is 12. The van der Waals surface area contributed by atoms with E-state index in [4.69, 9.17) is 49.4 Å². The predicted molar refractivity (Wildman–Crippen MR) is 282 cm³/mol. The number of hydrogen-bond acceptors (Lipinski definition) is 16. The number of morpholine rings is 1. The molecule has 7 unspecified atom stereocenters. The third kappa shape index (κ3) is 8.42. The van der Waals surface area contributed by atoms with Crippen LogP contribution in [0.5, 0.6) is 11.5 Å². The molecule has 11 heterocycles. The van der Waals surface area contributed by atoms with Gasteiger partial charge in [0.05, 0.1) is 62.3 Å². The van der Waals surface area contributed by atoms with Gasteiger partial charge < -0.3 is 49.0 Å². The van der Waals surface area contributed by atoms with Crippen LogP contribution in [0.1, 0.15) is 70.6 Å². The van der Waals surface area contributed by atoms with Crippen molar-refractivity contribution in [3.63, 3.8) is 0 Å². The third-order valence-corrected chi connectivity index (χ3v) is 18.4. The third-order valence-electron chi connectivity index (χ3n) is 16.7. The minimum absolute atomic E-state index is 0.154. The number of aromatic nitrogens is 4. The summed E-state index contributed by atoms with van der Waals surface area (Å²) in [5.41, 5.74) is 10.0. The average Bonchev–Trinajstić information content (AvgIpc) is 4.27. The molecular formula is C54H65N9O6S2. The SMILES string of the molecule is COCC1CC2CCC(C1)N2c1nc(N2C3CCC2COC3)c2c(-c3ccccc3OC)csc2n1.COc1ccccc1-c1csc2nc(N3CCC(C(N)=O)C3)nc(N3C4CCC3CC(OC)C4)c12. The molecule has 13 rings (SSSR count). The molecule has 71 heavy (non-hydrogen) atoms. The number of primary amides is 1. The molecule has 15 nitrogen and oxygen atoms in total. The van der Waals surface area contributed by atoms with Crippen molar-refractivity contribution in [1.29, 1.82) is 0 Å². The first kappa shape index (κ1) is 46.7. The summed E-state index contributed by atoms with van der Waals surface area (Å²) in [5, 5.41) is 6.66. The topological polar surface area (TPSA) is 154 Å². The Morgan fingerprint density at radius 1 is 0.634 bits per heavy atom. The number of benzene rings is 2. The molecule has 374 valence electrons. The van der Waals surface area contributed by atoms with Gasteiger partial charge in [-0.25, -0.2) is 9.97 Å². The Kier molecular flexibility index (Phi) is 12.9. The Hall–Kier alpha value is -5.33. The number of nitrogens with zero attached hydrogens (tertiary/aromatic N) is 8. The average molecular weight is 1000 g/mol. The van der Waals surface area contributed by atoms with Crippen LogP contribution >= 0.6 is 22.7 Å². The maximum atomic E-state index is 11.8. The Morgan fingerprint density at radius 2 is 1.14 bits per heavy atom. The van der Waals surface area contributed by atoms with Crippen molar-refractivity contribution >= 4 is 72.5 Å². The van der Waals surface area contributed by atoms with Crippen molar-refractivity contribution in [2.24, 2.45) is 17.6 Å². The monoisotopic (exact) mass is 999 g/mol. The van der Waals surface area contributed by atoms with E-state index in [1.807, 2.05) is 44.6 Å². The molecule has 0 aliphatic carbocycles. The van der Waals surface area contributed by atoms with Crippen LogP contribution in [0, 0.1) is 11.8 Å². The lowest BCUT2D eigenvalue weighted by Crippen LogP contribution is -2.47. The molecule has 0 radical (unpaired) electrons. The summed E-state index contributed by atoms with van der Waals surface area (Å²) in [5.74, 6) is 5.66. The van der Waals surface area contributed by atoms with E-state index in [0.717, 1.165) is 138 Å². The Labute approximate surface area is 423 Å². The van der Waals surface area contributed by atoms with Crippen LogP contribution in [-0.2, 0) is 19.0 Å². The van der Waals surface area contributed by atoms with Crippen molar-refractivity contribution in [2.75, 3.05) is 80.9 Å². The number of hydrogen-bond donors (Lipinski definition) is 1. The second-order valence-electron chi connectivity index (χ2n) is 20.6. The molecular weight excluding hydrogens is 935 g/mol. The highest BCUT2D eigenvalue weighted by Crippen LogP contribution is 2.50. The number of piperidine rings is 2. The van der Waals surface area contributed by atoms with Crippen LogP contribution in [0.25, 0.3) is 42.7 Å². The van der Waals surface area contributed by atoms with Gasteiger partial charge >= 0.3 is 0 Å². The molecule has 1 amide bonds. The zero-order chi connectivity index (χ0) is 48.3. The number of amides is 1. The molecule has 2 N–H and O–H groups in total. The number of anilines is 4. The molecule has 6 aromatic rings. The molecule has 0 spiro atoms. The maximum Gasteiger partial charge on any atom is 0.229 e. The molecule has 7 aliphatic heterocycles. The number of ether oxygens (including phenoxy) is 5. The zero-order valence-electron chi connectivity index (χ0n) is 41.2. The highest BCUT2D eigenvalue weighted by Gasteiger charge is 2.46. The minimum atomic E-state index is -0.247. The fourth-order valence-electron chi connectivity index (χ4n) is 13.4. The normalized spacial score (nSPS) is 27.7. The highest BCUT2D eigenvalue weighted by atomic mass is 32.1. The molecule has 2 aromatic carbocycles. The molecule has 7 atom stereocenters. The molecule has 6 bridgehead atoms. The fraction of sp³-hybridized carbons (Fsp3) is 0.537. The van der Waals surface area contributed by atoms with Crippen molar-refractivity contribution < 1.29 is 28.5 Å². The number of carbonyl (C=O) groups is 1. The van der Waals surface area contributed by atoms with Crippen molar-refractivity contribution in [2.45, 2.75) is 113 Å². The van der Waals surface area contributed by atoms with Gasteiger partial charge in [-0.05, 0) is 88.7 Å². The van der Waals surface area contributed by atoms with Crippen LogP contribution in [0.3, 0.4) is 0 Å². The first-order chi connectivity index (χ1) is 34.8. The first-order valence-electron chi connectivity index (χ1n) is 25.7. The number of thiophene rings is 2. The predicted octanol–water partition coefficient (Wildman–Crippen LogP) is 8.95. The molecule has 0 saturated carbocycles. The summed E-state index contributed by atoms with van der Waals surface area (Å²) in [7, 11) is 7.10. The lowest BCUT2D eigenvalue weighted by molar-refractivity contribution is -0.121. The van der Waals surface area contributed by atoms with E-state index in [1.54, 1.807) is 36.9 Å². The summed E-state index contributed by atoms with van der Waals surface area (Å²) in [6, 6.07) is 19.0. The van der Waals surface area contributed by atoms with E-state index in [1.165, 1.54) is 31.2 Å². The van der Waals surface area contributed by atoms with Gasteiger partial charge in [0.2, 0.25) is 17.8 Å². The van der Waals surface area contributed by atoms with E-state index in [2.05, 4.69) is 48.6 Å². The number of fused-ring (bicyclic) bond motifs is 8. The smallest absolute Gasteiger partial charge is 0.229 e. The van der Waals surface area contributed by atoms with E-state index in [9.17, 15) is 4.79 Å². The number of methoxy groups -OCH3 is 4. The Morgan fingerprint density at radius 3 is 1.66 bits per heavy atom. The number of para-hydroxylation sites is 2. The standard InChI is InChI=1S/C28H34N4O3S.C26H31N5O3S/c1-33-13-17-11-18-7-8-19(12-17)32(18)28-29-26(31-20-9-10-21(31)15-35-14-20)25-23(16-36-27(25)30-28)22-5-3-4-6-24(22)34-2;1-33-18-11-16-7-8-17(12-18)31(16)24-22-20(19-5-3-4-6-21(19)34-2)14-35-25(22)29-26(28-24)30-10-9-15(13-30)23(27)32/h3-6,16-21H,7-15H2,1-2H3;3-6,14-18H,7-13H2,1-2H3,(H2,27,32). The molecule has 7 fully saturated rings. The maximum absolute atomic E-state index is 11.8. The largest absolute Gasteiger partial charge is 0.496 e. The van der Waals surface area contributed by atoms with Crippen molar-refractivity contribution in [3.8, 4) is 33.8 Å². The quantitative estimate of drug-likeness (QED) is 0.124. The van der Waals surface area contributed by atoms with Crippen LogP contribution in [0.4, 0.5) is 23.5 Å². The summed E-state index contributed by atoms with van der Waals surface area (Å²) < 4.78 is 28.7. The van der Waals surface area contributed by atoms with Gasteiger partial charge in [-0.15, -0.1) is 22.7 Å². The van der Waals surface area contributed by atoms with Gasteiger partial charge in [0.15, 0.2) is 0 Å². The van der Waals surface area contributed by atoms with E-state index >= 15 is 0 Å².